The standard InChI is InChI=1S/C13H17FN2O2/c1-2-4-16-5-3-9-6-10(13(17)15-18)7-12(14)11(9)8-16/h6-7,18H,2-5,8H2,1H3,(H,15,17). The van der Waals surface area contributed by atoms with E-state index >= 15 is 0 Å². The third-order valence-electron chi connectivity index (χ3n) is 3.27. The van der Waals surface area contributed by atoms with E-state index in [0.29, 0.717) is 12.1 Å². The molecule has 1 heterocycles. The van der Waals surface area contributed by atoms with Crippen LogP contribution in [0.25, 0.3) is 0 Å². The molecule has 0 bridgehead atoms. The van der Waals surface area contributed by atoms with Crippen LogP contribution in [0.15, 0.2) is 12.1 Å². The van der Waals surface area contributed by atoms with Crippen LogP contribution in [0.5, 0.6) is 0 Å². The lowest BCUT2D eigenvalue weighted by atomic mass is 9.96. The van der Waals surface area contributed by atoms with Crippen molar-refractivity contribution in [2.75, 3.05) is 13.1 Å². The van der Waals surface area contributed by atoms with E-state index in [1.165, 1.54) is 11.5 Å². The van der Waals surface area contributed by atoms with Crippen LogP contribution in [0.4, 0.5) is 4.39 Å². The fourth-order valence-electron chi connectivity index (χ4n) is 2.38. The van der Waals surface area contributed by atoms with Crippen molar-refractivity contribution in [3.05, 3.63) is 34.6 Å². The highest BCUT2D eigenvalue weighted by atomic mass is 19.1. The minimum atomic E-state index is -0.673. The zero-order valence-electron chi connectivity index (χ0n) is 10.4. The number of hydrogen-bond donors (Lipinski definition) is 2. The molecule has 0 saturated heterocycles. The van der Waals surface area contributed by atoms with Crippen molar-refractivity contribution < 1.29 is 14.4 Å². The molecule has 1 aromatic rings. The molecule has 1 aliphatic heterocycles. The Hall–Kier alpha value is -1.46. The second kappa shape index (κ2) is 5.46. The Morgan fingerprint density at radius 2 is 2.33 bits per heavy atom. The highest BCUT2D eigenvalue weighted by Gasteiger charge is 2.21. The van der Waals surface area contributed by atoms with Gasteiger partial charge in [-0.2, -0.15) is 0 Å². The van der Waals surface area contributed by atoms with Crippen LogP contribution in [0, 0.1) is 5.82 Å². The molecule has 5 heteroatoms. The van der Waals surface area contributed by atoms with Crippen molar-refractivity contribution >= 4 is 5.91 Å². The van der Waals surface area contributed by atoms with Gasteiger partial charge in [0.05, 0.1) is 0 Å². The molecule has 1 aromatic carbocycles. The maximum Gasteiger partial charge on any atom is 0.274 e. The molecule has 18 heavy (non-hydrogen) atoms. The highest BCUT2D eigenvalue weighted by molar-refractivity contribution is 5.93. The number of halogens is 1. The molecule has 0 atom stereocenters. The average molecular weight is 252 g/mol. The number of rotatable bonds is 3. The number of fused-ring (bicyclic) bond motifs is 1. The summed E-state index contributed by atoms with van der Waals surface area (Å²) in [7, 11) is 0. The summed E-state index contributed by atoms with van der Waals surface area (Å²) in [6.45, 7) is 4.53. The molecule has 1 amide bonds. The maximum absolute atomic E-state index is 14.0. The predicted octanol–water partition coefficient (Wildman–Crippen LogP) is 1.71. The molecule has 0 spiro atoms. The molecule has 0 radical (unpaired) electrons. The quantitative estimate of drug-likeness (QED) is 0.636. The number of carbonyl (C=O) groups excluding carboxylic acids is 1. The first-order valence-corrected chi connectivity index (χ1v) is 6.13. The number of amides is 1. The van der Waals surface area contributed by atoms with Gasteiger partial charge in [0.2, 0.25) is 0 Å². The summed E-state index contributed by atoms with van der Waals surface area (Å²) in [5.74, 6) is -1.04. The summed E-state index contributed by atoms with van der Waals surface area (Å²) >= 11 is 0. The SMILES string of the molecule is CCCN1CCc2cc(C(=O)NO)cc(F)c2C1. The van der Waals surface area contributed by atoms with Crippen molar-refractivity contribution in [2.45, 2.75) is 26.3 Å². The molecular weight excluding hydrogens is 235 g/mol. The molecule has 2 N–H and O–H groups in total. The van der Waals surface area contributed by atoms with Crippen LogP contribution in [-0.2, 0) is 13.0 Å². The topological polar surface area (TPSA) is 52.6 Å². The van der Waals surface area contributed by atoms with E-state index in [4.69, 9.17) is 5.21 Å². The second-order valence-electron chi connectivity index (χ2n) is 4.56. The number of benzene rings is 1. The Kier molecular flexibility index (Phi) is 3.93. The summed E-state index contributed by atoms with van der Waals surface area (Å²) in [5.41, 5.74) is 3.23. The van der Waals surface area contributed by atoms with E-state index in [9.17, 15) is 9.18 Å². The largest absolute Gasteiger partial charge is 0.299 e. The van der Waals surface area contributed by atoms with Gasteiger partial charge in [0.1, 0.15) is 5.82 Å². The number of carbonyl (C=O) groups is 1. The van der Waals surface area contributed by atoms with Crippen molar-refractivity contribution in [3.8, 4) is 0 Å². The van der Waals surface area contributed by atoms with Crippen LogP contribution < -0.4 is 5.48 Å². The molecule has 0 unspecified atom stereocenters. The van der Waals surface area contributed by atoms with Gasteiger partial charge >= 0.3 is 0 Å². The lowest BCUT2D eigenvalue weighted by Crippen LogP contribution is -2.32. The third-order valence-corrected chi connectivity index (χ3v) is 3.27. The van der Waals surface area contributed by atoms with Gasteiger partial charge in [0.25, 0.3) is 5.91 Å². The van der Waals surface area contributed by atoms with Crippen molar-refractivity contribution in [3.63, 3.8) is 0 Å². The van der Waals surface area contributed by atoms with E-state index in [2.05, 4.69) is 11.8 Å². The third kappa shape index (κ3) is 2.52. The summed E-state index contributed by atoms with van der Waals surface area (Å²) in [5, 5.41) is 8.56. The number of hydrogen-bond acceptors (Lipinski definition) is 3. The normalized spacial score (nSPS) is 15.3. The molecule has 0 fully saturated rings. The molecule has 0 saturated carbocycles. The van der Waals surface area contributed by atoms with Crippen LogP contribution in [0.1, 0.15) is 34.8 Å². The van der Waals surface area contributed by atoms with Crippen molar-refractivity contribution in [1.82, 2.24) is 10.4 Å². The Balaban J connectivity index is 2.28. The number of nitrogens with zero attached hydrogens (tertiary/aromatic N) is 1. The molecule has 98 valence electrons. The fraction of sp³-hybridized carbons (Fsp3) is 0.462. The van der Waals surface area contributed by atoms with E-state index in [0.717, 1.165) is 31.5 Å². The molecule has 1 aliphatic rings. The summed E-state index contributed by atoms with van der Waals surface area (Å²) < 4.78 is 14.0. The number of hydroxylamine groups is 1. The van der Waals surface area contributed by atoms with Crippen LogP contribution in [0.3, 0.4) is 0 Å². The first kappa shape index (κ1) is 13.0. The smallest absolute Gasteiger partial charge is 0.274 e. The van der Waals surface area contributed by atoms with E-state index in [-0.39, 0.29) is 11.4 Å². The van der Waals surface area contributed by atoms with E-state index < -0.39 is 5.91 Å². The number of nitrogens with one attached hydrogen (secondary N) is 1. The van der Waals surface area contributed by atoms with Crippen LogP contribution in [-0.4, -0.2) is 29.1 Å². The summed E-state index contributed by atoms with van der Waals surface area (Å²) in [6, 6.07) is 2.84. The summed E-state index contributed by atoms with van der Waals surface area (Å²) in [6.07, 6.45) is 1.78. The Morgan fingerprint density at radius 1 is 1.56 bits per heavy atom. The van der Waals surface area contributed by atoms with Gasteiger partial charge in [-0.05, 0) is 37.1 Å². The Bertz CT molecular complexity index is 463. The lowest BCUT2D eigenvalue weighted by Gasteiger charge is -2.28. The molecule has 0 aliphatic carbocycles. The van der Waals surface area contributed by atoms with Crippen molar-refractivity contribution in [1.29, 1.82) is 0 Å². The van der Waals surface area contributed by atoms with Gasteiger partial charge in [0.15, 0.2) is 0 Å². The molecule has 4 nitrogen and oxygen atoms in total. The minimum absolute atomic E-state index is 0.165. The zero-order chi connectivity index (χ0) is 13.1. The van der Waals surface area contributed by atoms with Crippen LogP contribution in [0.2, 0.25) is 0 Å². The predicted molar refractivity (Wildman–Crippen MR) is 64.9 cm³/mol. The minimum Gasteiger partial charge on any atom is -0.299 e. The summed E-state index contributed by atoms with van der Waals surface area (Å²) in [4.78, 5) is 13.5. The van der Waals surface area contributed by atoms with E-state index in [1.54, 1.807) is 6.07 Å². The van der Waals surface area contributed by atoms with Gasteiger partial charge in [-0.25, -0.2) is 9.87 Å². The second-order valence-corrected chi connectivity index (χ2v) is 4.56. The van der Waals surface area contributed by atoms with E-state index in [1.807, 2.05) is 0 Å². The van der Waals surface area contributed by atoms with Gasteiger partial charge in [-0.1, -0.05) is 6.92 Å². The van der Waals surface area contributed by atoms with Crippen LogP contribution >= 0.6 is 0 Å². The highest BCUT2D eigenvalue weighted by Crippen LogP contribution is 2.23. The fourth-order valence-corrected chi connectivity index (χ4v) is 2.38. The van der Waals surface area contributed by atoms with Gasteiger partial charge in [0, 0.05) is 24.2 Å². The van der Waals surface area contributed by atoms with Gasteiger partial charge in [-0.3, -0.25) is 14.9 Å². The molecular formula is C13H17FN2O2. The monoisotopic (exact) mass is 252 g/mol. The van der Waals surface area contributed by atoms with Crippen molar-refractivity contribution in [2.24, 2.45) is 0 Å². The zero-order valence-corrected chi connectivity index (χ0v) is 10.4. The maximum atomic E-state index is 14.0. The Labute approximate surface area is 105 Å². The van der Waals surface area contributed by atoms with Gasteiger partial charge in [-0.15, -0.1) is 0 Å². The Morgan fingerprint density at radius 3 is 3.00 bits per heavy atom. The lowest BCUT2D eigenvalue weighted by molar-refractivity contribution is 0.0705. The van der Waals surface area contributed by atoms with Gasteiger partial charge < -0.3 is 0 Å². The average Bonchev–Trinajstić information content (AvgIpc) is 2.38. The first-order valence-electron chi connectivity index (χ1n) is 6.13. The first-order chi connectivity index (χ1) is 8.65. The molecule has 2 rings (SSSR count). The molecule has 0 aromatic heterocycles.